The van der Waals surface area contributed by atoms with Gasteiger partial charge in [0, 0.05) is 4.43 Å². The predicted octanol–water partition coefficient (Wildman–Crippen LogP) is 3.76. The third-order valence-electron chi connectivity index (χ3n) is 3.26. The van der Waals surface area contributed by atoms with Crippen LogP contribution in [0.25, 0.3) is 0 Å². The lowest BCUT2D eigenvalue weighted by molar-refractivity contribution is 0.569. The molecule has 2 rings (SSSR count). The van der Waals surface area contributed by atoms with Gasteiger partial charge in [-0.25, -0.2) is 13.1 Å². The first-order valence-electron chi connectivity index (χ1n) is 6.64. The van der Waals surface area contributed by atoms with Crippen molar-refractivity contribution in [3.63, 3.8) is 0 Å². The Hall–Kier alpha value is -0.920. The van der Waals surface area contributed by atoms with E-state index in [1.54, 1.807) is 24.3 Å². The van der Waals surface area contributed by atoms with Crippen LogP contribution in [0.1, 0.15) is 22.7 Å². The van der Waals surface area contributed by atoms with E-state index in [0.29, 0.717) is 9.32 Å². The SMILES string of the molecule is Cc1ccc(C(CI)NS(=O)(=O)c2ccc(C)cc2)cc1. The monoisotopic (exact) mass is 415 g/mol. The molecular weight excluding hydrogens is 397 g/mol. The van der Waals surface area contributed by atoms with E-state index in [1.807, 2.05) is 38.1 Å². The van der Waals surface area contributed by atoms with Crippen LogP contribution in [0.3, 0.4) is 0 Å². The van der Waals surface area contributed by atoms with Crippen molar-refractivity contribution in [1.82, 2.24) is 4.72 Å². The first-order valence-corrected chi connectivity index (χ1v) is 9.65. The lowest BCUT2D eigenvalue weighted by Crippen LogP contribution is -2.29. The Morgan fingerprint density at radius 3 is 1.90 bits per heavy atom. The maximum absolute atomic E-state index is 12.4. The molecule has 0 amide bonds. The summed E-state index contributed by atoms with van der Waals surface area (Å²) in [4.78, 5) is 0.301. The number of rotatable bonds is 5. The van der Waals surface area contributed by atoms with Crippen molar-refractivity contribution in [3.8, 4) is 0 Å². The zero-order chi connectivity index (χ0) is 15.5. The normalized spacial score (nSPS) is 13.1. The van der Waals surface area contributed by atoms with E-state index < -0.39 is 10.0 Å². The number of halogens is 1. The standard InChI is InChI=1S/C16H18INO2S/c1-12-3-7-14(8-4-12)16(11-17)18-21(19,20)15-9-5-13(2)6-10-15/h3-10,16,18H,11H2,1-2H3. The van der Waals surface area contributed by atoms with Gasteiger partial charge in [-0.15, -0.1) is 0 Å². The van der Waals surface area contributed by atoms with Crippen LogP contribution in [0.4, 0.5) is 0 Å². The second kappa shape index (κ2) is 6.89. The van der Waals surface area contributed by atoms with E-state index in [2.05, 4.69) is 27.3 Å². The summed E-state index contributed by atoms with van der Waals surface area (Å²) in [7, 11) is -3.50. The summed E-state index contributed by atoms with van der Waals surface area (Å²) < 4.78 is 28.3. The van der Waals surface area contributed by atoms with Gasteiger partial charge in [-0.1, -0.05) is 70.1 Å². The minimum Gasteiger partial charge on any atom is -0.207 e. The highest BCUT2D eigenvalue weighted by atomic mass is 127. The average molecular weight is 415 g/mol. The van der Waals surface area contributed by atoms with E-state index in [-0.39, 0.29) is 6.04 Å². The van der Waals surface area contributed by atoms with Crippen molar-refractivity contribution in [1.29, 1.82) is 0 Å². The number of nitrogens with one attached hydrogen (secondary N) is 1. The Kier molecular flexibility index (Phi) is 5.40. The van der Waals surface area contributed by atoms with Gasteiger partial charge in [0.1, 0.15) is 0 Å². The Morgan fingerprint density at radius 2 is 1.43 bits per heavy atom. The zero-order valence-electron chi connectivity index (χ0n) is 12.0. The van der Waals surface area contributed by atoms with Crippen molar-refractivity contribution >= 4 is 32.6 Å². The molecular formula is C16H18INO2S. The van der Waals surface area contributed by atoms with Crippen LogP contribution in [0.2, 0.25) is 0 Å². The van der Waals surface area contributed by atoms with Crippen LogP contribution in [-0.2, 0) is 10.0 Å². The number of benzene rings is 2. The molecule has 112 valence electrons. The van der Waals surface area contributed by atoms with Crippen molar-refractivity contribution < 1.29 is 8.42 Å². The second-order valence-corrected chi connectivity index (χ2v) is 7.65. The minimum absolute atomic E-state index is 0.225. The van der Waals surface area contributed by atoms with Crippen LogP contribution in [0.5, 0.6) is 0 Å². The zero-order valence-corrected chi connectivity index (χ0v) is 15.0. The number of sulfonamides is 1. The van der Waals surface area contributed by atoms with Crippen LogP contribution in [-0.4, -0.2) is 12.8 Å². The molecule has 0 radical (unpaired) electrons. The summed E-state index contributed by atoms with van der Waals surface area (Å²) in [6.07, 6.45) is 0. The number of hydrogen-bond donors (Lipinski definition) is 1. The molecule has 0 aliphatic heterocycles. The predicted molar refractivity (Wildman–Crippen MR) is 94.3 cm³/mol. The molecule has 0 saturated carbocycles. The molecule has 1 unspecified atom stereocenters. The maximum Gasteiger partial charge on any atom is 0.241 e. The second-order valence-electron chi connectivity index (χ2n) is 5.05. The Bertz CT molecular complexity index is 694. The van der Waals surface area contributed by atoms with Gasteiger partial charge >= 0.3 is 0 Å². The molecule has 0 saturated heterocycles. The van der Waals surface area contributed by atoms with Crippen LogP contribution in [0, 0.1) is 13.8 Å². The van der Waals surface area contributed by atoms with Gasteiger partial charge in [0.05, 0.1) is 10.9 Å². The fourth-order valence-electron chi connectivity index (χ4n) is 1.96. The van der Waals surface area contributed by atoms with E-state index in [1.165, 1.54) is 0 Å². The van der Waals surface area contributed by atoms with E-state index in [0.717, 1.165) is 16.7 Å². The average Bonchev–Trinajstić information content (AvgIpc) is 2.46. The van der Waals surface area contributed by atoms with Crippen molar-refractivity contribution in [3.05, 3.63) is 65.2 Å². The van der Waals surface area contributed by atoms with Gasteiger partial charge in [0.25, 0.3) is 0 Å². The first-order chi connectivity index (χ1) is 9.92. The molecule has 0 spiro atoms. The highest BCUT2D eigenvalue weighted by Crippen LogP contribution is 2.20. The lowest BCUT2D eigenvalue weighted by atomic mass is 10.1. The highest BCUT2D eigenvalue weighted by Gasteiger charge is 2.20. The topological polar surface area (TPSA) is 46.2 Å². The van der Waals surface area contributed by atoms with Gasteiger partial charge < -0.3 is 0 Å². The molecule has 3 nitrogen and oxygen atoms in total. The van der Waals surface area contributed by atoms with Crippen LogP contribution in [0.15, 0.2) is 53.4 Å². The molecule has 0 heterocycles. The summed E-state index contributed by atoms with van der Waals surface area (Å²) in [5, 5.41) is 0. The van der Waals surface area contributed by atoms with Crippen molar-refractivity contribution in [2.24, 2.45) is 0 Å². The molecule has 21 heavy (non-hydrogen) atoms. The smallest absolute Gasteiger partial charge is 0.207 e. The van der Waals surface area contributed by atoms with Crippen LogP contribution >= 0.6 is 22.6 Å². The fraction of sp³-hybridized carbons (Fsp3) is 0.250. The summed E-state index contributed by atoms with van der Waals surface area (Å²) >= 11 is 2.20. The van der Waals surface area contributed by atoms with Crippen molar-refractivity contribution in [2.75, 3.05) is 4.43 Å². The highest BCUT2D eigenvalue weighted by molar-refractivity contribution is 14.1. The van der Waals surface area contributed by atoms with E-state index in [9.17, 15) is 8.42 Å². The third-order valence-corrected chi connectivity index (χ3v) is 5.63. The minimum atomic E-state index is -3.50. The number of aryl methyl sites for hydroxylation is 2. The Morgan fingerprint density at radius 1 is 0.952 bits per heavy atom. The quantitative estimate of drug-likeness (QED) is 0.597. The molecule has 1 N–H and O–H groups in total. The number of hydrogen-bond acceptors (Lipinski definition) is 2. The van der Waals surface area contributed by atoms with Crippen LogP contribution < -0.4 is 4.72 Å². The van der Waals surface area contributed by atoms with E-state index >= 15 is 0 Å². The van der Waals surface area contributed by atoms with Gasteiger partial charge in [0.2, 0.25) is 10.0 Å². The Balaban J connectivity index is 2.24. The molecule has 5 heteroatoms. The van der Waals surface area contributed by atoms with E-state index in [4.69, 9.17) is 0 Å². The number of alkyl halides is 1. The molecule has 0 fully saturated rings. The Labute approximate surface area is 140 Å². The summed E-state index contributed by atoms with van der Waals surface area (Å²) in [5.74, 6) is 0. The largest absolute Gasteiger partial charge is 0.241 e. The first kappa shape index (κ1) is 16.5. The van der Waals surface area contributed by atoms with Gasteiger partial charge in [-0.3, -0.25) is 0 Å². The molecule has 0 aromatic heterocycles. The molecule has 2 aromatic rings. The fourth-order valence-corrected chi connectivity index (χ4v) is 4.21. The lowest BCUT2D eigenvalue weighted by Gasteiger charge is -2.17. The summed E-state index contributed by atoms with van der Waals surface area (Å²) in [6.45, 7) is 3.95. The molecule has 0 aliphatic carbocycles. The van der Waals surface area contributed by atoms with Gasteiger partial charge in [-0.2, -0.15) is 0 Å². The molecule has 0 bridgehead atoms. The maximum atomic E-state index is 12.4. The van der Waals surface area contributed by atoms with Crippen molar-refractivity contribution in [2.45, 2.75) is 24.8 Å². The summed E-state index contributed by atoms with van der Waals surface area (Å²) in [6, 6.07) is 14.6. The molecule has 1 atom stereocenters. The third kappa shape index (κ3) is 4.28. The van der Waals surface area contributed by atoms with Gasteiger partial charge in [0.15, 0.2) is 0 Å². The molecule has 2 aromatic carbocycles. The van der Waals surface area contributed by atoms with Gasteiger partial charge in [-0.05, 0) is 31.5 Å². The summed E-state index contributed by atoms with van der Waals surface area (Å²) in [5.41, 5.74) is 3.18. The molecule has 0 aliphatic rings.